The van der Waals surface area contributed by atoms with E-state index >= 15 is 0 Å². The summed E-state index contributed by atoms with van der Waals surface area (Å²) in [6.45, 7) is 8.63. The molecule has 0 spiro atoms. The Labute approximate surface area is 146 Å². The van der Waals surface area contributed by atoms with E-state index in [0.29, 0.717) is 19.6 Å². The lowest BCUT2D eigenvalue weighted by Gasteiger charge is -2.20. The molecule has 0 atom stereocenters. The maximum atomic E-state index is 12.1. The zero-order chi connectivity index (χ0) is 18.2. The molecule has 2 aromatic rings. The third kappa shape index (κ3) is 5.56. The molecule has 0 unspecified atom stereocenters. The zero-order valence-corrected chi connectivity index (χ0v) is 14.5. The molecule has 1 aromatic carbocycles. The monoisotopic (exact) mass is 342 g/mol. The molecule has 25 heavy (non-hydrogen) atoms. The van der Waals surface area contributed by atoms with Gasteiger partial charge in [-0.25, -0.2) is 9.48 Å². The minimum absolute atomic E-state index is 0.0756. The van der Waals surface area contributed by atoms with Gasteiger partial charge in [0.1, 0.15) is 0 Å². The minimum atomic E-state index is -0.668. The summed E-state index contributed by atoms with van der Waals surface area (Å²) < 4.78 is 6.59. The number of rotatable bonds is 8. The van der Waals surface area contributed by atoms with Gasteiger partial charge in [0.05, 0.1) is 12.7 Å². The van der Waals surface area contributed by atoms with Crippen LogP contribution in [-0.4, -0.2) is 51.5 Å². The lowest BCUT2D eigenvalue weighted by atomic mass is 10.2. The second kappa shape index (κ2) is 8.77. The number of likely N-dealkylation sites (N-methyl/N-ethyl adjacent to an activating group) is 1. The predicted molar refractivity (Wildman–Crippen MR) is 92.9 cm³/mol. The highest BCUT2D eigenvalue weighted by molar-refractivity contribution is 5.89. The number of carbonyl (C=O) groups excluding carboxylic acids is 2. The van der Waals surface area contributed by atoms with Gasteiger partial charge in [-0.2, -0.15) is 0 Å². The van der Waals surface area contributed by atoms with Gasteiger partial charge in [-0.15, -0.1) is 5.10 Å². The molecule has 0 aliphatic rings. The van der Waals surface area contributed by atoms with E-state index in [2.05, 4.69) is 16.9 Å². The molecular weight excluding hydrogens is 320 g/mol. The van der Waals surface area contributed by atoms with Gasteiger partial charge in [-0.05, 0) is 19.4 Å². The number of carbonyl (C=O) groups is 2. The van der Waals surface area contributed by atoms with Crippen molar-refractivity contribution in [2.75, 3.05) is 19.7 Å². The van der Waals surface area contributed by atoms with Crippen LogP contribution in [0.1, 0.15) is 29.9 Å². The van der Waals surface area contributed by atoms with Crippen LogP contribution in [0.5, 0.6) is 0 Å². The molecule has 0 N–H and O–H groups in total. The normalized spacial score (nSPS) is 10.3. The molecule has 1 heterocycles. The Bertz CT molecular complexity index is 740. The molecule has 0 bridgehead atoms. The molecule has 7 heteroatoms. The molecular formula is C18H22N4O3. The van der Waals surface area contributed by atoms with Gasteiger partial charge in [0.2, 0.25) is 0 Å². The van der Waals surface area contributed by atoms with E-state index in [1.54, 1.807) is 9.58 Å². The van der Waals surface area contributed by atoms with Crippen LogP contribution in [0.15, 0.2) is 48.7 Å². The van der Waals surface area contributed by atoms with Crippen molar-refractivity contribution in [1.82, 2.24) is 19.9 Å². The number of hydrogen-bond donors (Lipinski definition) is 0. The molecule has 1 amide bonds. The van der Waals surface area contributed by atoms with Crippen LogP contribution in [0.2, 0.25) is 0 Å². The Morgan fingerprint density at radius 2 is 2.00 bits per heavy atom. The summed E-state index contributed by atoms with van der Waals surface area (Å²) in [4.78, 5) is 25.7. The summed E-state index contributed by atoms with van der Waals surface area (Å²) in [6, 6.07) is 9.70. The third-order valence-electron chi connectivity index (χ3n) is 3.46. The number of nitrogens with zero attached hydrogens (tertiary/aromatic N) is 4. The van der Waals surface area contributed by atoms with Crippen molar-refractivity contribution in [3.05, 3.63) is 59.9 Å². The second-order valence-electron chi connectivity index (χ2n) is 5.73. The van der Waals surface area contributed by atoms with E-state index in [9.17, 15) is 9.59 Å². The van der Waals surface area contributed by atoms with E-state index in [1.165, 1.54) is 6.20 Å². The Hall–Kier alpha value is -2.96. The average Bonchev–Trinajstić information content (AvgIpc) is 3.06. The maximum Gasteiger partial charge on any atom is 0.361 e. The van der Waals surface area contributed by atoms with E-state index in [1.807, 2.05) is 44.2 Å². The fourth-order valence-electron chi connectivity index (χ4n) is 2.23. The molecule has 132 valence electrons. The smallest absolute Gasteiger partial charge is 0.361 e. The van der Waals surface area contributed by atoms with Gasteiger partial charge in [0, 0.05) is 13.1 Å². The van der Waals surface area contributed by atoms with Crippen LogP contribution in [0.25, 0.3) is 0 Å². The van der Waals surface area contributed by atoms with Crippen molar-refractivity contribution in [2.24, 2.45) is 0 Å². The summed E-state index contributed by atoms with van der Waals surface area (Å²) in [6.07, 6.45) is 1.51. The van der Waals surface area contributed by atoms with Gasteiger partial charge >= 0.3 is 5.97 Å². The summed E-state index contributed by atoms with van der Waals surface area (Å²) in [5, 5.41) is 7.71. The second-order valence-corrected chi connectivity index (χ2v) is 5.73. The fourth-order valence-corrected chi connectivity index (χ4v) is 2.23. The first-order valence-electron chi connectivity index (χ1n) is 8.03. The van der Waals surface area contributed by atoms with Crippen LogP contribution >= 0.6 is 0 Å². The largest absolute Gasteiger partial charge is 0.451 e. The highest BCUT2D eigenvalue weighted by atomic mass is 16.5. The molecule has 0 saturated heterocycles. The Morgan fingerprint density at radius 3 is 2.64 bits per heavy atom. The number of ether oxygens (including phenoxy) is 1. The lowest BCUT2D eigenvalue weighted by molar-refractivity contribution is -0.133. The Morgan fingerprint density at radius 1 is 1.28 bits per heavy atom. The highest BCUT2D eigenvalue weighted by Crippen LogP contribution is 2.04. The van der Waals surface area contributed by atoms with Crippen molar-refractivity contribution < 1.29 is 14.3 Å². The van der Waals surface area contributed by atoms with Gasteiger partial charge in [-0.3, -0.25) is 4.79 Å². The fraction of sp³-hybridized carbons (Fsp3) is 0.333. The maximum absolute atomic E-state index is 12.1. The number of amides is 1. The molecule has 0 aliphatic heterocycles. The minimum Gasteiger partial charge on any atom is -0.451 e. The van der Waals surface area contributed by atoms with Crippen molar-refractivity contribution in [3.63, 3.8) is 0 Å². The molecule has 1 aromatic heterocycles. The summed E-state index contributed by atoms with van der Waals surface area (Å²) in [5.74, 6) is -0.936. The van der Waals surface area contributed by atoms with Crippen LogP contribution in [0, 0.1) is 0 Å². The number of benzene rings is 1. The first kappa shape index (κ1) is 18.4. The summed E-state index contributed by atoms with van der Waals surface area (Å²) in [5.41, 5.74) is 1.98. The Balaban J connectivity index is 1.89. The quantitative estimate of drug-likeness (QED) is 0.541. The number of aromatic nitrogens is 3. The van der Waals surface area contributed by atoms with Crippen molar-refractivity contribution in [1.29, 1.82) is 0 Å². The van der Waals surface area contributed by atoms with Gasteiger partial charge in [-0.1, -0.05) is 47.7 Å². The first-order valence-corrected chi connectivity index (χ1v) is 8.03. The SMILES string of the molecule is C=C(C)CN(CC)C(=O)COC(=O)c1cn(Cc2ccccc2)nn1. The summed E-state index contributed by atoms with van der Waals surface area (Å²) in [7, 11) is 0. The zero-order valence-electron chi connectivity index (χ0n) is 14.5. The topological polar surface area (TPSA) is 77.3 Å². The van der Waals surface area contributed by atoms with E-state index in [-0.39, 0.29) is 18.2 Å². The Kier molecular flexibility index (Phi) is 6.45. The van der Waals surface area contributed by atoms with Crippen molar-refractivity contribution in [2.45, 2.75) is 20.4 Å². The predicted octanol–water partition coefficient (Wildman–Crippen LogP) is 1.91. The molecule has 0 radical (unpaired) electrons. The molecule has 2 rings (SSSR count). The van der Waals surface area contributed by atoms with Gasteiger partial charge in [0.25, 0.3) is 5.91 Å². The highest BCUT2D eigenvalue weighted by Gasteiger charge is 2.17. The first-order chi connectivity index (χ1) is 12.0. The van der Waals surface area contributed by atoms with Crippen LogP contribution < -0.4 is 0 Å². The number of esters is 1. The molecule has 7 nitrogen and oxygen atoms in total. The molecule has 0 fully saturated rings. The van der Waals surface area contributed by atoms with Crippen LogP contribution in [0.4, 0.5) is 0 Å². The molecule has 0 saturated carbocycles. The number of hydrogen-bond acceptors (Lipinski definition) is 5. The summed E-state index contributed by atoms with van der Waals surface area (Å²) >= 11 is 0. The van der Waals surface area contributed by atoms with E-state index in [0.717, 1.165) is 11.1 Å². The van der Waals surface area contributed by atoms with Crippen molar-refractivity contribution in [3.8, 4) is 0 Å². The third-order valence-corrected chi connectivity index (χ3v) is 3.46. The van der Waals surface area contributed by atoms with Crippen molar-refractivity contribution >= 4 is 11.9 Å². The lowest BCUT2D eigenvalue weighted by Crippen LogP contribution is -2.35. The standard InChI is InChI=1S/C18H22N4O3/c1-4-21(10-14(2)3)17(23)13-25-18(24)16-12-22(20-19-16)11-15-8-6-5-7-9-15/h5-9,12H,2,4,10-11,13H2,1,3H3. The average molecular weight is 342 g/mol. The van der Waals surface area contributed by atoms with Crippen LogP contribution in [-0.2, 0) is 16.1 Å². The van der Waals surface area contributed by atoms with Crippen LogP contribution in [0.3, 0.4) is 0 Å². The van der Waals surface area contributed by atoms with E-state index < -0.39 is 5.97 Å². The van der Waals surface area contributed by atoms with Gasteiger partial charge in [0.15, 0.2) is 12.3 Å². The molecule has 0 aliphatic carbocycles. The van der Waals surface area contributed by atoms with Gasteiger partial charge < -0.3 is 9.64 Å². The van der Waals surface area contributed by atoms with E-state index in [4.69, 9.17) is 4.74 Å².